The monoisotopic (exact) mass is 409 g/mol. The Bertz CT molecular complexity index is 1160. The summed E-state index contributed by atoms with van der Waals surface area (Å²) in [7, 11) is -2.65. The van der Waals surface area contributed by atoms with Crippen LogP contribution in [0.5, 0.6) is 0 Å². The van der Waals surface area contributed by atoms with Crippen LogP contribution in [0, 0.1) is 11.8 Å². The van der Waals surface area contributed by atoms with Gasteiger partial charge in [-0.3, -0.25) is 4.79 Å². The fourth-order valence-electron chi connectivity index (χ4n) is 2.51. The predicted octanol–water partition coefficient (Wildman–Crippen LogP) is 2.37. The van der Waals surface area contributed by atoms with Crippen molar-refractivity contribution in [3.63, 3.8) is 0 Å². The summed E-state index contributed by atoms with van der Waals surface area (Å²) in [5.74, 6) is 4.82. The molecule has 0 fully saturated rings. The molecule has 0 amide bonds. The third kappa shape index (κ3) is 4.54. The number of imidazole rings is 1. The summed E-state index contributed by atoms with van der Waals surface area (Å²) in [4.78, 5) is 15.1. The highest BCUT2D eigenvalue weighted by Crippen LogP contribution is 2.17. The van der Waals surface area contributed by atoms with Gasteiger partial charge in [-0.05, 0) is 55.5 Å². The maximum absolute atomic E-state index is 12.5. The van der Waals surface area contributed by atoms with Gasteiger partial charge >= 0.3 is 5.97 Å². The largest absolute Gasteiger partial charge is 0.480 e. The van der Waals surface area contributed by atoms with Gasteiger partial charge in [0.25, 0.3) is 0 Å². The van der Waals surface area contributed by atoms with E-state index in [0.717, 1.165) is 15.6 Å². The first-order chi connectivity index (χ1) is 13.8. The van der Waals surface area contributed by atoms with Crippen LogP contribution in [0.3, 0.4) is 0 Å². The molecule has 0 unspecified atom stereocenters. The zero-order valence-corrected chi connectivity index (χ0v) is 16.7. The molecule has 0 aliphatic carbocycles. The molecule has 0 saturated carbocycles. The molecule has 1 N–H and O–H groups in total. The molecule has 148 valence electrons. The van der Waals surface area contributed by atoms with Crippen LogP contribution in [0.25, 0.3) is 5.69 Å². The van der Waals surface area contributed by atoms with Crippen molar-refractivity contribution in [2.24, 2.45) is 0 Å². The van der Waals surface area contributed by atoms with Crippen LogP contribution in [0.15, 0.2) is 72.1 Å². The number of aliphatic carboxylic acids is 1. The van der Waals surface area contributed by atoms with E-state index in [9.17, 15) is 13.2 Å². The smallest absolute Gasteiger partial charge is 0.321 e. The minimum atomic E-state index is -3.90. The van der Waals surface area contributed by atoms with Gasteiger partial charge in [-0.1, -0.05) is 11.8 Å². The van der Waals surface area contributed by atoms with Crippen molar-refractivity contribution in [1.82, 2.24) is 13.9 Å². The number of hydrogen-bond donors (Lipinski definition) is 1. The van der Waals surface area contributed by atoms with Crippen LogP contribution < -0.4 is 0 Å². The number of carboxylic acids is 1. The first-order valence-electron chi connectivity index (χ1n) is 8.70. The summed E-state index contributed by atoms with van der Waals surface area (Å²) in [6.45, 7) is 1.32. The van der Waals surface area contributed by atoms with E-state index in [-0.39, 0.29) is 4.90 Å². The molecule has 0 spiro atoms. The van der Waals surface area contributed by atoms with Crippen molar-refractivity contribution in [2.75, 3.05) is 7.05 Å². The van der Waals surface area contributed by atoms with Gasteiger partial charge in [0.15, 0.2) is 0 Å². The van der Waals surface area contributed by atoms with Crippen LogP contribution in [0.4, 0.5) is 0 Å². The molecule has 3 aromatic rings. The zero-order chi connectivity index (χ0) is 21.0. The fraction of sp³-hybridized carbons (Fsp3) is 0.143. The van der Waals surface area contributed by atoms with Crippen molar-refractivity contribution in [1.29, 1.82) is 0 Å². The number of aromatic nitrogens is 2. The second-order valence-corrected chi connectivity index (χ2v) is 8.32. The summed E-state index contributed by atoms with van der Waals surface area (Å²) >= 11 is 0. The summed E-state index contributed by atoms with van der Waals surface area (Å²) in [5.41, 5.74) is 2.44. The van der Waals surface area contributed by atoms with Crippen molar-refractivity contribution in [3.8, 4) is 17.5 Å². The Morgan fingerprint density at radius 2 is 1.62 bits per heavy atom. The molecule has 2 aromatic carbocycles. The van der Waals surface area contributed by atoms with Crippen molar-refractivity contribution in [3.05, 3.63) is 78.4 Å². The van der Waals surface area contributed by atoms with Crippen molar-refractivity contribution >= 4 is 16.0 Å². The standard InChI is InChI=1S/C21H19N3O4S/c1-16(21(25)26)23(2)29(27,28)20-11-7-18(8-12-20)4-3-17-5-9-19(10-6-17)24-14-13-22-15-24/h5-16H,1-2H3,(H,25,26)/t16-/m1/s1. The number of hydrogen-bond acceptors (Lipinski definition) is 4. The SMILES string of the molecule is C[C@H](C(=O)O)N(C)S(=O)(=O)c1ccc(C#Cc2ccc(-n3ccnc3)cc2)cc1. The number of carbonyl (C=O) groups is 1. The van der Waals surface area contributed by atoms with E-state index in [0.29, 0.717) is 5.56 Å². The van der Waals surface area contributed by atoms with Crippen LogP contribution in [0.2, 0.25) is 0 Å². The number of benzene rings is 2. The molecule has 0 aliphatic rings. The van der Waals surface area contributed by atoms with Crippen LogP contribution in [0.1, 0.15) is 18.1 Å². The molecular formula is C21H19N3O4S. The van der Waals surface area contributed by atoms with Gasteiger partial charge in [-0.2, -0.15) is 4.31 Å². The van der Waals surface area contributed by atoms with Gasteiger partial charge in [0, 0.05) is 36.3 Å². The van der Waals surface area contributed by atoms with Crippen LogP contribution in [-0.2, 0) is 14.8 Å². The molecule has 29 heavy (non-hydrogen) atoms. The molecule has 8 heteroatoms. The average Bonchev–Trinajstić information content (AvgIpc) is 3.26. The Kier molecular flexibility index (Phi) is 5.82. The van der Waals surface area contributed by atoms with Crippen LogP contribution in [-0.4, -0.2) is 46.4 Å². The van der Waals surface area contributed by atoms with Crippen molar-refractivity contribution in [2.45, 2.75) is 17.9 Å². The first-order valence-corrected chi connectivity index (χ1v) is 10.1. The quantitative estimate of drug-likeness (QED) is 0.653. The fourth-order valence-corrected chi connectivity index (χ4v) is 3.83. The lowest BCUT2D eigenvalue weighted by atomic mass is 10.1. The van der Waals surface area contributed by atoms with E-state index in [2.05, 4.69) is 16.8 Å². The highest BCUT2D eigenvalue weighted by atomic mass is 32.2. The number of nitrogens with zero attached hydrogens (tertiary/aromatic N) is 3. The maximum Gasteiger partial charge on any atom is 0.321 e. The minimum Gasteiger partial charge on any atom is -0.480 e. The normalized spacial score (nSPS) is 12.2. The first kappa shape index (κ1) is 20.3. The summed E-state index contributed by atoms with van der Waals surface area (Å²) < 4.78 is 27.8. The van der Waals surface area contributed by atoms with Crippen LogP contribution >= 0.6 is 0 Å². The number of sulfonamides is 1. The molecule has 3 rings (SSSR count). The Labute approximate surface area is 169 Å². The van der Waals surface area contributed by atoms with E-state index in [4.69, 9.17) is 5.11 Å². The summed E-state index contributed by atoms with van der Waals surface area (Å²) in [6, 6.07) is 12.5. The molecule has 0 radical (unpaired) electrons. The number of likely N-dealkylation sites (N-methyl/N-ethyl adjacent to an activating group) is 1. The Hall–Kier alpha value is -3.41. The Balaban J connectivity index is 1.75. The molecule has 7 nitrogen and oxygen atoms in total. The lowest BCUT2D eigenvalue weighted by molar-refractivity contribution is -0.140. The van der Waals surface area contributed by atoms with Gasteiger partial charge in [0.2, 0.25) is 10.0 Å². The summed E-state index contributed by atoms with van der Waals surface area (Å²) in [6.07, 6.45) is 5.27. The second-order valence-electron chi connectivity index (χ2n) is 6.33. The molecule has 1 heterocycles. The molecular weight excluding hydrogens is 390 g/mol. The third-order valence-electron chi connectivity index (χ3n) is 4.46. The van der Waals surface area contributed by atoms with Crippen molar-refractivity contribution < 1.29 is 18.3 Å². The lowest BCUT2D eigenvalue weighted by Crippen LogP contribution is -2.40. The topological polar surface area (TPSA) is 92.5 Å². The molecule has 1 aromatic heterocycles. The highest BCUT2D eigenvalue weighted by molar-refractivity contribution is 7.89. The number of rotatable bonds is 5. The lowest BCUT2D eigenvalue weighted by Gasteiger charge is -2.20. The van der Waals surface area contributed by atoms with Gasteiger partial charge in [-0.25, -0.2) is 13.4 Å². The van der Waals surface area contributed by atoms with Gasteiger partial charge in [0.05, 0.1) is 11.2 Å². The Morgan fingerprint density at radius 3 is 2.10 bits per heavy atom. The number of carboxylic acid groups (broad SMARTS) is 1. The zero-order valence-electron chi connectivity index (χ0n) is 15.9. The van der Waals surface area contributed by atoms with Gasteiger partial charge < -0.3 is 9.67 Å². The minimum absolute atomic E-state index is 0.0170. The van der Waals surface area contributed by atoms with Gasteiger partial charge in [-0.15, -0.1) is 0 Å². The summed E-state index contributed by atoms with van der Waals surface area (Å²) in [5, 5.41) is 9.03. The molecule has 0 bridgehead atoms. The molecule has 0 saturated heterocycles. The average molecular weight is 409 g/mol. The highest BCUT2D eigenvalue weighted by Gasteiger charge is 2.29. The predicted molar refractivity (Wildman–Crippen MR) is 108 cm³/mol. The van der Waals surface area contributed by atoms with E-state index in [1.807, 2.05) is 35.0 Å². The maximum atomic E-state index is 12.5. The second kappa shape index (κ2) is 8.31. The van der Waals surface area contributed by atoms with Gasteiger partial charge in [0.1, 0.15) is 6.04 Å². The van der Waals surface area contributed by atoms with E-state index in [1.165, 1.54) is 26.1 Å². The van der Waals surface area contributed by atoms with E-state index in [1.54, 1.807) is 24.7 Å². The Morgan fingerprint density at radius 1 is 1.07 bits per heavy atom. The molecule has 0 aliphatic heterocycles. The van der Waals surface area contributed by atoms with E-state index >= 15 is 0 Å². The van der Waals surface area contributed by atoms with E-state index < -0.39 is 22.0 Å². The molecule has 1 atom stereocenters. The third-order valence-corrected chi connectivity index (χ3v) is 6.40.